The van der Waals surface area contributed by atoms with Crippen molar-refractivity contribution in [3.8, 4) is 23.3 Å². The van der Waals surface area contributed by atoms with Crippen molar-refractivity contribution >= 4 is 8.32 Å². The van der Waals surface area contributed by atoms with Crippen LogP contribution in [0.1, 0.15) is 51.3 Å². The van der Waals surface area contributed by atoms with Gasteiger partial charge in [-0.1, -0.05) is 69.0 Å². The molecule has 4 nitrogen and oxygen atoms in total. The van der Waals surface area contributed by atoms with Crippen LogP contribution in [0.25, 0.3) is 0 Å². The Labute approximate surface area is 188 Å². The van der Waals surface area contributed by atoms with Crippen LogP contribution >= 0.6 is 0 Å². The van der Waals surface area contributed by atoms with Gasteiger partial charge >= 0.3 is 0 Å². The van der Waals surface area contributed by atoms with Crippen LogP contribution in [0.3, 0.4) is 0 Å². The van der Waals surface area contributed by atoms with Crippen molar-refractivity contribution in [2.45, 2.75) is 64.8 Å². The zero-order chi connectivity index (χ0) is 22.9. The molecule has 5 heteroatoms. The Balaban J connectivity index is 2.05. The molecule has 1 atom stereocenters. The van der Waals surface area contributed by atoms with Gasteiger partial charge in [0.2, 0.25) is 8.32 Å². The summed E-state index contributed by atoms with van der Waals surface area (Å²) in [7, 11) is -2.01. The molecule has 0 fully saturated rings. The second kappa shape index (κ2) is 11.4. The van der Waals surface area contributed by atoms with Gasteiger partial charge in [-0.05, 0) is 49.2 Å². The van der Waals surface area contributed by atoms with E-state index in [0.717, 1.165) is 29.0 Å². The molecule has 0 saturated carbocycles. The quantitative estimate of drug-likeness (QED) is 0.221. The Morgan fingerprint density at radius 3 is 2.32 bits per heavy atom. The summed E-state index contributed by atoms with van der Waals surface area (Å²) < 4.78 is 17.4. The summed E-state index contributed by atoms with van der Waals surface area (Å²) in [6, 6.07) is 15.5. The third-order valence-electron chi connectivity index (χ3n) is 5.62. The first-order chi connectivity index (χ1) is 14.7. The van der Waals surface area contributed by atoms with Gasteiger partial charge in [0, 0.05) is 18.6 Å². The summed E-state index contributed by atoms with van der Waals surface area (Å²) in [5.74, 6) is 7.64. The number of aryl methyl sites for hydroxylation is 1. The van der Waals surface area contributed by atoms with Crippen LogP contribution in [0, 0.1) is 11.8 Å². The van der Waals surface area contributed by atoms with E-state index < -0.39 is 14.4 Å². The minimum absolute atomic E-state index is 0.0778. The minimum Gasteiger partial charge on any atom is -0.543 e. The van der Waals surface area contributed by atoms with Crippen molar-refractivity contribution in [3.63, 3.8) is 0 Å². The monoisotopic (exact) mass is 440 g/mol. The number of ether oxygens (including phenoxy) is 2. The number of aliphatic hydroxyl groups excluding tert-OH is 1. The molecular formula is C26H36O4Si. The number of para-hydroxylation sites is 2. The van der Waals surface area contributed by atoms with Crippen LogP contribution in [-0.2, 0) is 11.2 Å². The molecule has 2 rings (SSSR count). The fourth-order valence-corrected chi connectivity index (χ4v) is 3.75. The standard InChI is InChI=1S/C26H36O4Si/c1-7-28-20-29-24-18-12-9-15-21(24)14-8-11-17-23(27)22-16-10-13-19-25(22)30-31(5,6)26(2,3)4/h9-10,12-13,15-16,18-19,23,27H,7-8,14,20H2,1-6H3. The maximum Gasteiger partial charge on any atom is 0.250 e. The highest BCUT2D eigenvalue weighted by Crippen LogP contribution is 2.39. The number of aliphatic hydroxyl groups is 1. The van der Waals surface area contributed by atoms with E-state index in [9.17, 15) is 5.11 Å². The lowest BCUT2D eigenvalue weighted by atomic mass is 10.1. The van der Waals surface area contributed by atoms with Gasteiger partial charge in [0.05, 0.1) is 0 Å². The van der Waals surface area contributed by atoms with Crippen molar-refractivity contribution in [3.05, 3.63) is 59.7 Å². The molecule has 168 valence electrons. The van der Waals surface area contributed by atoms with Gasteiger partial charge in [0.25, 0.3) is 0 Å². The van der Waals surface area contributed by atoms with Crippen molar-refractivity contribution in [1.29, 1.82) is 0 Å². The number of benzene rings is 2. The number of hydrogen-bond acceptors (Lipinski definition) is 4. The minimum atomic E-state index is -2.01. The van der Waals surface area contributed by atoms with Gasteiger partial charge in [0.15, 0.2) is 6.79 Å². The molecule has 0 aliphatic rings. The molecule has 0 bridgehead atoms. The van der Waals surface area contributed by atoms with Crippen molar-refractivity contribution in [2.75, 3.05) is 13.4 Å². The SMILES string of the molecule is CCOCOc1ccccc1CCC#CC(O)c1ccccc1O[Si](C)(C)C(C)(C)C. The molecule has 2 aromatic rings. The van der Waals surface area contributed by atoms with E-state index in [2.05, 4.69) is 45.7 Å². The second-order valence-electron chi connectivity index (χ2n) is 8.99. The summed E-state index contributed by atoms with van der Waals surface area (Å²) in [6.45, 7) is 13.8. The maximum absolute atomic E-state index is 10.7. The summed E-state index contributed by atoms with van der Waals surface area (Å²) in [6.07, 6.45) is 0.479. The fraction of sp³-hybridized carbons (Fsp3) is 0.462. The first kappa shape index (κ1) is 25.0. The summed E-state index contributed by atoms with van der Waals surface area (Å²) in [5, 5.41) is 10.8. The Bertz CT molecular complexity index is 890. The van der Waals surface area contributed by atoms with Crippen molar-refractivity contribution in [1.82, 2.24) is 0 Å². The van der Waals surface area contributed by atoms with Gasteiger partial charge < -0.3 is 19.0 Å². The van der Waals surface area contributed by atoms with Crippen LogP contribution < -0.4 is 9.16 Å². The van der Waals surface area contributed by atoms with E-state index in [1.165, 1.54) is 0 Å². The second-order valence-corrected chi connectivity index (χ2v) is 13.7. The third kappa shape index (κ3) is 7.43. The first-order valence-electron chi connectivity index (χ1n) is 10.9. The van der Waals surface area contributed by atoms with Crippen LogP contribution in [0.5, 0.6) is 11.5 Å². The molecule has 1 N–H and O–H groups in total. The molecule has 0 saturated heterocycles. The predicted octanol–water partition coefficient (Wildman–Crippen LogP) is 6.11. The van der Waals surface area contributed by atoms with Crippen LogP contribution in [0.2, 0.25) is 18.1 Å². The zero-order valence-corrected chi connectivity index (χ0v) is 20.7. The normalized spacial score (nSPS) is 12.6. The molecule has 0 aliphatic carbocycles. The topological polar surface area (TPSA) is 47.9 Å². The number of hydrogen-bond donors (Lipinski definition) is 1. The zero-order valence-electron chi connectivity index (χ0n) is 19.7. The molecule has 0 aliphatic heterocycles. The highest BCUT2D eigenvalue weighted by molar-refractivity contribution is 6.74. The van der Waals surface area contributed by atoms with Crippen molar-refractivity contribution in [2.24, 2.45) is 0 Å². The van der Waals surface area contributed by atoms with E-state index in [0.29, 0.717) is 13.0 Å². The molecule has 1 unspecified atom stereocenters. The Morgan fingerprint density at radius 1 is 1.00 bits per heavy atom. The molecule has 0 radical (unpaired) electrons. The maximum atomic E-state index is 10.7. The smallest absolute Gasteiger partial charge is 0.250 e. The predicted molar refractivity (Wildman–Crippen MR) is 129 cm³/mol. The Morgan fingerprint density at radius 2 is 1.65 bits per heavy atom. The van der Waals surface area contributed by atoms with Crippen molar-refractivity contribution < 1.29 is 19.0 Å². The highest BCUT2D eigenvalue weighted by Gasteiger charge is 2.39. The van der Waals surface area contributed by atoms with Gasteiger partial charge in [-0.25, -0.2) is 0 Å². The molecular weight excluding hydrogens is 404 g/mol. The molecule has 0 aromatic heterocycles. The van der Waals surface area contributed by atoms with Crippen LogP contribution in [-0.4, -0.2) is 26.8 Å². The molecule has 0 spiro atoms. The van der Waals surface area contributed by atoms with E-state index in [1.807, 2.05) is 55.5 Å². The number of rotatable bonds is 9. The molecule has 0 amide bonds. The average Bonchev–Trinajstić information content (AvgIpc) is 2.71. The lowest BCUT2D eigenvalue weighted by molar-refractivity contribution is 0.0218. The fourth-order valence-electron chi connectivity index (χ4n) is 2.71. The largest absolute Gasteiger partial charge is 0.543 e. The summed E-state index contributed by atoms with van der Waals surface area (Å²) >= 11 is 0. The first-order valence-corrected chi connectivity index (χ1v) is 13.8. The van der Waals surface area contributed by atoms with Crippen LogP contribution in [0.4, 0.5) is 0 Å². The molecule has 2 aromatic carbocycles. The molecule has 31 heavy (non-hydrogen) atoms. The summed E-state index contributed by atoms with van der Waals surface area (Å²) in [4.78, 5) is 0. The van der Waals surface area contributed by atoms with E-state index in [1.54, 1.807) is 0 Å². The molecule has 0 heterocycles. The third-order valence-corrected chi connectivity index (χ3v) is 9.96. The van der Waals surface area contributed by atoms with Crippen LogP contribution in [0.15, 0.2) is 48.5 Å². The van der Waals surface area contributed by atoms with Gasteiger partial charge in [-0.3, -0.25) is 0 Å². The van der Waals surface area contributed by atoms with Gasteiger partial charge in [-0.2, -0.15) is 0 Å². The Hall–Kier alpha value is -2.26. The van der Waals surface area contributed by atoms with E-state index >= 15 is 0 Å². The highest BCUT2D eigenvalue weighted by atomic mass is 28.4. The lowest BCUT2D eigenvalue weighted by Gasteiger charge is -2.37. The lowest BCUT2D eigenvalue weighted by Crippen LogP contribution is -2.44. The van der Waals surface area contributed by atoms with Gasteiger partial charge in [0.1, 0.15) is 17.6 Å². The summed E-state index contributed by atoms with van der Waals surface area (Å²) in [5.41, 5.74) is 1.80. The Kier molecular flexibility index (Phi) is 9.18. The van der Waals surface area contributed by atoms with E-state index in [-0.39, 0.29) is 11.8 Å². The average molecular weight is 441 g/mol. The van der Waals surface area contributed by atoms with Gasteiger partial charge in [-0.15, -0.1) is 0 Å². The van der Waals surface area contributed by atoms with E-state index in [4.69, 9.17) is 13.9 Å².